The molecule has 8 nitrogen and oxygen atoms in total. The van der Waals surface area contributed by atoms with Crippen LogP contribution in [0, 0.1) is 28.9 Å². The molecule has 0 aliphatic heterocycles. The van der Waals surface area contributed by atoms with E-state index in [-0.39, 0.29) is 29.8 Å². The molecule has 15 heteroatoms. The largest absolute Gasteiger partial charge is 0.435 e. The van der Waals surface area contributed by atoms with Crippen LogP contribution in [0.2, 0.25) is 0 Å². The number of nitrogens with zero attached hydrogens (tertiary/aromatic N) is 4. The molecule has 0 spiro atoms. The molecule has 2 aliphatic carbocycles. The number of benzene rings is 1. The Labute approximate surface area is 286 Å². The Bertz CT molecular complexity index is 2260. The number of hydrogen-bond acceptors (Lipinski definition) is 5. The minimum absolute atomic E-state index is 0.0802. The maximum atomic E-state index is 15.6. The molecule has 4 heterocycles. The van der Waals surface area contributed by atoms with Crippen LogP contribution in [-0.2, 0) is 29.9 Å². The molecule has 5 aromatic rings. The number of pyridine rings is 2. The van der Waals surface area contributed by atoms with Gasteiger partial charge in [0.1, 0.15) is 40.8 Å². The second-order valence-electron chi connectivity index (χ2n) is 13.7. The average molecular weight is 711 g/mol. The van der Waals surface area contributed by atoms with E-state index < -0.39 is 76.1 Å². The van der Waals surface area contributed by atoms with Crippen molar-refractivity contribution in [1.29, 1.82) is 0 Å². The predicted octanol–water partition coefficient (Wildman–Crippen LogP) is 6.94. The zero-order valence-electron chi connectivity index (χ0n) is 27.3. The molecule has 3 atom stereocenters. The number of alkyl halides is 5. The van der Waals surface area contributed by atoms with Gasteiger partial charge in [-0.25, -0.2) is 18.7 Å². The summed E-state index contributed by atoms with van der Waals surface area (Å²) in [5, 5.41) is 17.0. The van der Waals surface area contributed by atoms with Crippen molar-refractivity contribution in [2.45, 2.75) is 69.8 Å². The maximum absolute atomic E-state index is 15.6. The third-order valence-corrected chi connectivity index (χ3v) is 9.31. The van der Waals surface area contributed by atoms with Gasteiger partial charge in [0.25, 0.3) is 5.92 Å². The molecule has 0 radical (unpaired) electrons. The van der Waals surface area contributed by atoms with Crippen LogP contribution < -0.4 is 5.32 Å². The van der Waals surface area contributed by atoms with Crippen molar-refractivity contribution in [3.8, 4) is 23.0 Å². The first-order chi connectivity index (χ1) is 23.8. The first-order valence-electron chi connectivity index (χ1n) is 15.8. The molecule has 1 fully saturated rings. The molecule has 1 saturated carbocycles. The summed E-state index contributed by atoms with van der Waals surface area (Å²) in [7, 11) is 0. The van der Waals surface area contributed by atoms with Gasteiger partial charge < -0.3 is 15.4 Å². The number of nitrogens with one attached hydrogen (secondary N) is 2. The van der Waals surface area contributed by atoms with Crippen LogP contribution in [0.1, 0.15) is 73.1 Å². The van der Waals surface area contributed by atoms with Crippen LogP contribution in [0.3, 0.4) is 0 Å². The molecule has 3 N–H and O–H groups in total. The summed E-state index contributed by atoms with van der Waals surface area (Å²) in [5.41, 5.74) is -4.32. The van der Waals surface area contributed by atoms with Gasteiger partial charge in [-0.3, -0.25) is 9.48 Å². The summed E-state index contributed by atoms with van der Waals surface area (Å²) in [6.07, 6.45) is -2.27. The van der Waals surface area contributed by atoms with Gasteiger partial charge in [-0.15, -0.1) is 0 Å². The summed E-state index contributed by atoms with van der Waals surface area (Å²) in [6.45, 7) is 3.10. The fourth-order valence-corrected chi connectivity index (χ4v) is 6.78. The molecule has 0 unspecified atom stereocenters. The van der Waals surface area contributed by atoms with Gasteiger partial charge >= 0.3 is 6.18 Å². The number of H-pyrrole nitrogens is 1. The Morgan fingerprint density at radius 1 is 1.14 bits per heavy atom. The van der Waals surface area contributed by atoms with E-state index in [1.807, 2.05) is 0 Å². The van der Waals surface area contributed by atoms with Crippen molar-refractivity contribution >= 4 is 16.9 Å². The molecule has 0 saturated heterocycles. The molecule has 4 aromatic heterocycles. The number of aromatic nitrogens is 5. The van der Waals surface area contributed by atoms with E-state index in [4.69, 9.17) is 0 Å². The average Bonchev–Trinajstić information content (AvgIpc) is 3.30. The molecular weight excluding hydrogens is 681 g/mol. The Morgan fingerprint density at radius 3 is 2.55 bits per heavy atom. The number of hydrogen-bond donors (Lipinski definition) is 3. The summed E-state index contributed by atoms with van der Waals surface area (Å²) >= 11 is 0. The van der Waals surface area contributed by atoms with E-state index in [0.717, 1.165) is 17.5 Å². The Hall–Kier alpha value is -5.23. The van der Waals surface area contributed by atoms with Crippen LogP contribution in [0.25, 0.3) is 22.2 Å². The highest BCUT2D eigenvalue weighted by atomic mass is 19.4. The minimum atomic E-state index is -5.04. The van der Waals surface area contributed by atoms with Crippen molar-refractivity contribution in [2.24, 2.45) is 5.41 Å². The van der Waals surface area contributed by atoms with E-state index >= 15 is 8.78 Å². The molecule has 1 amide bonds. The molecule has 51 heavy (non-hydrogen) atoms. The third-order valence-electron chi connectivity index (χ3n) is 9.31. The van der Waals surface area contributed by atoms with Crippen LogP contribution >= 0.6 is 0 Å². The highest BCUT2D eigenvalue weighted by Crippen LogP contribution is 2.77. The molecular formula is C36H29F7N6O2. The Balaban J connectivity index is 1.32. The summed E-state index contributed by atoms with van der Waals surface area (Å²) in [4.78, 5) is 25.8. The SMILES string of the molecule is CC(C)(O)C#Cc1ccc(-c2cnc3[nH]ccc3c2)c([C@H](Cc2cc(F)cc(F)c2)NC(=O)Cn2nc(C(F)(F)F)c3c2C(F)(F)[C@]2(C)C[C@H]32)n1. The minimum Gasteiger partial charge on any atom is -0.378 e. The van der Waals surface area contributed by atoms with Crippen LogP contribution in [0.15, 0.2) is 54.9 Å². The van der Waals surface area contributed by atoms with E-state index in [1.165, 1.54) is 27.0 Å². The lowest BCUT2D eigenvalue weighted by atomic mass is 9.95. The van der Waals surface area contributed by atoms with E-state index in [0.29, 0.717) is 27.5 Å². The molecule has 7 rings (SSSR count). The van der Waals surface area contributed by atoms with Crippen LogP contribution in [0.5, 0.6) is 0 Å². The summed E-state index contributed by atoms with van der Waals surface area (Å²) in [5.74, 6) is -2.17. The van der Waals surface area contributed by atoms with Crippen molar-refractivity contribution < 1.29 is 40.6 Å². The molecule has 2 aliphatic rings. The number of amides is 1. The van der Waals surface area contributed by atoms with E-state index in [9.17, 15) is 31.9 Å². The van der Waals surface area contributed by atoms with Crippen molar-refractivity contribution in [1.82, 2.24) is 30.0 Å². The van der Waals surface area contributed by atoms with E-state index in [2.05, 4.69) is 37.2 Å². The summed E-state index contributed by atoms with van der Waals surface area (Å²) < 4.78 is 102. The fourth-order valence-electron chi connectivity index (χ4n) is 6.78. The van der Waals surface area contributed by atoms with Crippen molar-refractivity contribution in [3.63, 3.8) is 0 Å². The molecule has 0 bridgehead atoms. The fraction of sp³-hybridized carbons (Fsp3) is 0.333. The lowest BCUT2D eigenvalue weighted by Crippen LogP contribution is -2.36. The quantitative estimate of drug-likeness (QED) is 0.125. The predicted molar refractivity (Wildman–Crippen MR) is 170 cm³/mol. The lowest BCUT2D eigenvalue weighted by Gasteiger charge is -2.23. The zero-order chi connectivity index (χ0) is 36.7. The number of fused-ring (bicyclic) bond motifs is 4. The van der Waals surface area contributed by atoms with Crippen LogP contribution in [-0.4, -0.2) is 41.3 Å². The second kappa shape index (κ2) is 11.7. The number of rotatable bonds is 7. The first kappa shape index (κ1) is 34.2. The summed E-state index contributed by atoms with van der Waals surface area (Å²) in [6, 6.07) is 8.23. The standard InChI is InChI=1S/C36H29F7N6O2/c1-33(2,51)8-6-23-4-5-24(20-13-19-7-9-44-32(19)45-16-20)29(46-23)26(12-18-10-21(37)14-22(38)11-18)47-27(50)17-49-31-28(30(48-49)36(41,42)43)25-15-34(25,3)35(31,39)40/h4-5,7,9-11,13-14,16,25-26,51H,12,15,17H2,1-3H3,(H,44,45)(H,47,50)/t25-,26+,34-/m1/s1. The number of aromatic amines is 1. The number of carbonyl (C=O) groups is 1. The number of halogens is 7. The highest BCUT2D eigenvalue weighted by Gasteiger charge is 2.76. The number of carbonyl (C=O) groups excluding carboxylic acids is 1. The zero-order valence-corrected chi connectivity index (χ0v) is 27.3. The normalized spacial score (nSPS) is 19.6. The number of aliphatic hydroxyl groups is 1. The topological polar surface area (TPSA) is 109 Å². The highest BCUT2D eigenvalue weighted by molar-refractivity contribution is 5.82. The van der Waals surface area contributed by atoms with Gasteiger partial charge in [0, 0.05) is 51.9 Å². The van der Waals surface area contributed by atoms with Gasteiger partial charge in [-0.1, -0.05) is 12.8 Å². The van der Waals surface area contributed by atoms with Gasteiger partial charge in [0.2, 0.25) is 5.91 Å². The van der Waals surface area contributed by atoms with Gasteiger partial charge in [-0.2, -0.15) is 27.1 Å². The van der Waals surface area contributed by atoms with Gasteiger partial charge in [0.05, 0.1) is 11.7 Å². The Morgan fingerprint density at radius 2 is 1.86 bits per heavy atom. The second-order valence-corrected chi connectivity index (χ2v) is 13.7. The lowest BCUT2D eigenvalue weighted by molar-refractivity contribution is -0.142. The van der Waals surface area contributed by atoms with Crippen molar-refractivity contribution in [3.05, 3.63) is 100 Å². The van der Waals surface area contributed by atoms with Gasteiger partial charge in [0.15, 0.2) is 5.69 Å². The first-order valence-corrected chi connectivity index (χ1v) is 15.8. The van der Waals surface area contributed by atoms with E-state index in [1.54, 1.807) is 30.5 Å². The monoisotopic (exact) mass is 710 g/mol. The van der Waals surface area contributed by atoms with Crippen LogP contribution in [0.4, 0.5) is 30.7 Å². The maximum Gasteiger partial charge on any atom is 0.435 e. The third kappa shape index (κ3) is 6.22. The smallest absolute Gasteiger partial charge is 0.378 e. The molecule has 264 valence electrons. The molecule has 1 aromatic carbocycles. The van der Waals surface area contributed by atoms with Gasteiger partial charge in [-0.05, 0) is 74.6 Å². The van der Waals surface area contributed by atoms with Crippen molar-refractivity contribution in [2.75, 3.05) is 0 Å². The Kier molecular flexibility index (Phi) is 7.83.